The van der Waals surface area contributed by atoms with Crippen molar-refractivity contribution in [3.05, 3.63) is 56.1 Å². The number of aromatic nitrogens is 1. The summed E-state index contributed by atoms with van der Waals surface area (Å²) in [4.78, 5) is 21.7. The molecular formula is C18H15BrIN3OS. The number of rotatable bonds is 2. The van der Waals surface area contributed by atoms with Crippen molar-refractivity contribution in [2.75, 3.05) is 31.1 Å². The second-order valence-corrected chi connectivity index (χ2v) is 8.95. The van der Waals surface area contributed by atoms with Gasteiger partial charge in [0.1, 0.15) is 0 Å². The molecule has 1 fully saturated rings. The van der Waals surface area contributed by atoms with Crippen LogP contribution >= 0.6 is 49.9 Å². The average molecular weight is 528 g/mol. The molecule has 2 aromatic carbocycles. The van der Waals surface area contributed by atoms with Gasteiger partial charge in [0.25, 0.3) is 5.91 Å². The summed E-state index contributed by atoms with van der Waals surface area (Å²) in [6, 6.07) is 13.9. The highest BCUT2D eigenvalue weighted by Gasteiger charge is 2.24. The van der Waals surface area contributed by atoms with Gasteiger partial charge >= 0.3 is 0 Å². The molecule has 25 heavy (non-hydrogen) atoms. The Hall–Kier alpha value is -1.19. The molecular weight excluding hydrogens is 513 g/mol. The van der Waals surface area contributed by atoms with Gasteiger partial charge in [-0.05, 0) is 52.9 Å². The first-order valence-corrected chi connectivity index (χ1v) is 10.7. The van der Waals surface area contributed by atoms with E-state index in [9.17, 15) is 4.79 Å². The number of anilines is 1. The lowest BCUT2D eigenvalue weighted by atomic mass is 10.2. The van der Waals surface area contributed by atoms with Gasteiger partial charge in [0.2, 0.25) is 0 Å². The van der Waals surface area contributed by atoms with E-state index in [4.69, 9.17) is 4.98 Å². The van der Waals surface area contributed by atoms with Crippen molar-refractivity contribution in [1.29, 1.82) is 0 Å². The number of piperazine rings is 1. The lowest BCUT2D eigenvalue weighted by Gasteiger charge is -2.34. The van der Waals surface area contributed by atoms with Crippen LogP contribution in [0.2, 0.25) is 0 Å². The number of benzene rings is 2. The minimum absolute atomic E-state index is 0.123. The summed E-state index contributed by atoms with van der Waals surface area (Å²) < 4.78 is 3.26. The van der Waals surface area contributed by atoms with Crippen LogP contribution in [0.15, 0.2) is 46.9 Å². The third-order valence-corrected chi connectivity index (χ3v) is 6.79. The van der Waals surface area contributed by atoms with Gasteiger partial charge in [-0.2, -0.15) is 0 Å². The molecule has 4 rings (SSSR count). The minimum Gasteiger partial charge on any atom is -0.345 e. The van der Waals surface area contributed by atoms with Crippen LogP contribution in [0, 0.1) is 3.57 Å². The van der Waals surface area contributed by atoms with Crippen molar-refractivity contribution in [3.63, 3.8) is 0 Å². The summed E-state index contributed by atoms with van der Waals surface area (Å²) in [5, 5.41) is 1.04. The molecule has 0 saturated carbocycles. The molecule has 2 heterocycles. The normalized spacial score (nSPS) is 15.0. The molecule has 1 aliphatic rings. The number of thiazole rings is 1. The number of carbonyl (C=O) groups excluding carboxylic acids is 1. The van der Waals surface area contributed by atoms with Crippen molar-refractivity contribution in [1.82, 2.24) is 9.88 Å². The van der Waals surface area contributed by atoms with Gasteiger partial charge in [-0.25, -0.2) is 4.98 Å². The molecule has 0 N–H and O–H groups in total. The fourth-order valence-corrected chi connectivity index (χ4v) is 5.11. The molecule has 0 radical (unpaired) electrons. The third kappa shape index (κ3) is 3.54. The van der Waals surface area contributed by atoms with E-state index < -0.39 is 0 Å². The summed E-state index contributed by atoms with van der Waals surface area (Å²) in [6.07, 6.45) is 0. The molecule has 7 heteroatoms. The Morgan fingerprint density at radius 3 is 2.64 bits per heavy atom. The summed E-state index contributed by atoms with van der Waals surface area (Å²) in [7, 11) is 0. The maximum Gasteiger partial charge on any atom is 0.255 e. The second-order valence-electron chi connectivity index (χ2n) is 5.87. The SMILES string of the molecule is O=C(c1ccccc1I)N1CCN(c2nc3ccc(Br)cc3s2)CC1. The highest BCUT2D eigenvalue weighted by molar-refractivity contribution is 14.1. The molecule has 0 spiro atoms. The molecule has 0 atom stereocenters. The van der Waals surface area contributed by atoms with Crippen LogP contribution in [-0.4, -0.2) is 42.0 Å². The van der Waals surface area contributed by atoms with Crippen LogP contribution in [0.5, 0.6) is 0 Å². The third-order valence-electron chi connectivity index (χ3n) is 4.28. The summed E-state index contributed by atoms with van der Waals surface area (Å²) >= 11 is 7.44. The Morgan fingerprint density at radius 1 is 1.12 bits per heavy atom. The first-order chi connectivity index (χ1) is 12.1. The first kappa shape index (κ1) is 17.2. The highest BCUT2D eigenvalue weighted by atomic mass is 127. The number of carbonyl (C=O) groups is 1. The van der Waals surface area contributed by atoms with Crippen molar-refractivity contribution in [2.45, 2.75) is 0 Å². The topological polar surface area (TPSA) is 36.4 Å². The molecule has 0 bridgehead atoms. The van der Waals surface area contributed by atoms with Gasteiger partial charge in [-0.15, -0.1) is 0 Å². The standard InChI is InChI=1S/C18H15BrIN3OS/c19-12-5-6-15-16(11-12)25-18(21-15)23-9-7-22(8-10-23)17(24)13-3-1-2-4-14(13)20/h1-6,11H,7-10H2. The van der Waals surface area contributed by atoms with Gasteiger partial charge in [0.15, 0.2) is 5.13 Å². The lowest BCUT2D eigenvalue weighted by molar-refractivity contribution is 0.0745. The Morgan fingerprint density at radius 2 is 1.88 bits per heavy atom. The van der Waals surface area contributed by atoms with Gasteiger partial charge in [-0.3, -0.25) is 4.79 Å². The molecule has 4 nitrogen and oxygen atoms in total. The summed E-state index contributed by atoms with van der Waals surface area (Å²) in [6.45, 7) is 3.08. The van der Waals surface area contributed by atoms with Crippen LogP contribution in [0.25, 0.3) is 10.2 Å². The molecule has 1 amide bonds. The quantitative estimate of drug-likeness (QED) is 0.456. The molecule has 1 aliphatic heterocycles. The Balaban J connectivity index is 1.47. The number of hydrogen-bond donors (Lipinski definition) is 0. The van der Waals surface area contributed by atoms with Gasteiger partial charge in [0.05, 0.1) is 15.8 Å². The second kappa shape index (κ2) is 7.20. The molecule has 128 valence electrons. The fraction of sp³-hybridized carbons (Fsp3) is 0.222. The predicted octanol–water partition coefficient (Wildman–Crippen LogP) is 4.63. The van der Waals surface area contributed by atoms with Crippen molar-refractivity contribution in [2.24, 2.45) is 0 Å². The summed E-state index contributed by atoms with van der Waals surface area (Å²) in [5.41, 5.74) is 1.82. The van der Waals surface area contributed by atoms with Crippen LogP contribution in [0.1, 0.15) is 10.4 Å². The van der Waals surface area contributed by atoms with Crippen molar-refractivity contribution < 1.29 is 4.79 Å². The largest absolute Gasteiger partial charge is 0.345 e. The number of halogens is 2. The molecule has 0 aliphatic carbocycles. The number of nitrogens with zero attached hydrogens (tertiary/aromatic N) is 3. The molecule has 0 unspecified atom stereocenters. The maximum absolute atomic E-state index is 12.7. The van der Waals surface area contributed by atoms with E-state index in [2.05, 4.69) is 49.5 Å². The zero-order valence-electron chi connectivity index (χ0n) is 13.3. The van der Waals surface area contributed by atoms with Gasteiger partial charge in [0, 0.05) is 34.2 Å². The smallest absolute Gasteiger partial charge is 0.255 e. The molecule has 1 saturated heterocycles. The lowest BCUT2D eigenvalue weighted by Crippen LogP contribution is -2.48. The van der Waals surface area contributed by atoms with E-state index in [0.29, 0.717) is 0 Å². The van der Waals surface area contributed by atoms with E-state index >= 15 is 0 Å². The van der Waals surface area contributed by atoms with E-state index in [0.717, 1.165) is 50.4 Å². The van der Waals surface area contributed by atoms with E-state index in [1.54, 1.807) is 11.3 Å². The van der Waals surface area contributed by atoms with Crippen LogP contribution in [0.3, 0.4) is 0 Å². The number of fused-ring (bicyclic) bond motifs is 1. The zero-order chi connectivity index (χ0) is 17.4. The van der Waals surface area contributed by atoms with E-state index in [1.165, 1.54) is 4.70 Å². The fourth-order valence-electron chi connectivity index (χ4n) is 2.93. The van der Waals surface area contributed by atoms with Crippen LogP contribution in [-0.2, 0) is 0 Å². The number of amides is 1. The van der Waals surface area contributed by atoms with Crippen LogP contribution in [0.4, 0.5) is 5.13 Å². The van der Waals surface area contributed by atoms with Crippen molar-refractivity contribution in [3.8, 4) is 0 Å². The Bertz CT molecular complexity index is 937. The molecule has 1 aromatic heterocycles. The Kier molecular flexibility index (Phi) is 4.97. The van der Waals surface area contributed by atoms with Gasteiger partial charge < -0.3 is 9.80 Å². The predicted molar refractivity (Wildman–Crippen MR) is 115 cm³/mol. The molecule has 3 aromatic rings. The van der Waals surface area contributed by atoms with E-state index in [-0.39, 0.29) is 5.91 Å². The number of hydrogen-bond acceptors (Lipinski definition) is 4. The summed E-state index contributed by atoms with van der Waals surface area (Å²) in [5.74, 6) is 0.123. The van der Waals surface area contributed by atoms with Gasteiger partial charge in [-0.1, -0.05) is 39.4 Å². The van der Waals surface area contributed by atoms with Crippen LogP contribution < -0.4 is 4.90 Å². The van der Waals surface area contributed by atoms with E-state index in [1.807, 2.05) is 41.3 Å². The van der Waals surface area contributed by atoms with Crippen molar-refractivity contribution >= 4 is 71.1 Å². The monoisotopic (exact) mass is 527 g/mol. The first-order valence-electron chi connectivity index (χ1n) is 7.97. The Labute approximate surface area is 172 Å². The zero-order valence-corrected chi connectivity index (χ0v) is 17.8. The maximum atomic E-state index is 12.7. The highest BCUT2D eigenvalue weighted by Crippen LogP contribution is 2.31. The minimum atomic E-state index is 0.123. The average Bonchev–Trinajstić information content (AvgIpc) is 3.05.